The van der Waals surface area contributed by atoms with E-state index in [4.69, 9.17) is 5.73 Å². The second-order valence-corrected chi connectivity index (χ2v) is 4.00. The van der Waals surface area contributed by atoms with Gasteiger partial charge < -0.3 is 16.0 Å². The fourth-order valence-electron chi connectivity index (χ4n) is 1.65. The van der Waals surface area contributed by atoms with Crippen molar-refractivity contribution < 1.29 is 4.79 Å². The van der Waals surface area contributed by atoms with Crippen molar-refractivity contribution in [3.63, 3.8) is 0 Å². The van der Waals surface area contributed by atoms with Crippen LogP contribution in [0.5, 0.6) is 0 Å². The average Bonchev–Trinajstić information content (AvgIpc) is 2.90. The van der Waals surface area contributed by atoms with Crippen molar-refractivity contribution in [1.29, 1.82) is 0 Å². The lowest BCUT2D eigenvalue weighted by atomic mass is 10.1. The van der Waals surface area contributed by atoms with E-state index < -0.39 is 0 Å². The molecule has 1 aromatic heterocycles. The molecule has 0 radical (unpaired) electrons. The number of nitrogens with zero attached hydrogens (tertiary/aromatic N) is 1. The Hall–Kier alpha value is -2.14. The number of carbonyl (C=O) groups excluding carboxylic acids is 1. The molecule has 1 heterocycles. The standard InChI is InChI=1S/C13H16N4O/c14-6-5-10-1-3-11(4-2-10)13(18)16-8-12-7-15-9-17-12/h1-4,7,9H,5-6,8,14H2,(H,15,17)(H,16,18). The van der Waals surface area contributed by atoms with Crippen LogP contribution in [0, 0.1) is 0 Å². The highest BCUT2D eigenvalue weighted by Crippen LogP contribution is 2.05. The third-order valence-corrected chi connectivity index (χ3v) is 2.64. The van der Waals surface area contributed by atoms with Crippen molar-refractivity contribution in [2.75, 3.05) is 6.54 Å². The zero-order valence-electron chi connectivity index (χ0n) is 10.0. The highest BCUT2D eigenvalue weighted by Gasteiger charge is 2.05. The van der Waals surface area contributed by atoms with E-state index in [9.17, 15) is 4.79 Å². The van der Waals surface area contributed by atoms with Crippen LogP contribution in [0.3, 0.4) is 0 Å². The maximum atomic E-state index is 11.8. The molecule has 2 aromatic rings. The minimum atomic E-state index is -0.0936. The van der Waals surface area contributed by atoms with Crippen LogP contribution < -0.4 is 11.1 Å². The zero-order valence-corrected chi connectivity index (χ0v) is 10.0. The summed E-state index contributed by atoms with van der Waals surface area (Å²) < 4.78 is 0. The molecule has 0 unspecified atom stereocenters. The average molecular weight is 244 g/mol. The zero-order chi connectivity index (χ0) is 12.8. The summed E-state index contributed by atoms with van der Waals surface area (Å²) in [5, 5.41) is 2.82. The number of imidazole rings is 1. The summed E-state index contributed by atoms with van der Waals surface area (Å²) in [4.78, 5) is 18.7. The van der Waals surface area contributed by atoms with Gasteiger partial charge in [0, 0.05) is 11.8 Å². The normalized spacial score (nSPS) is 10.3. The predicted molar refractivity (Wildman–Crippen MR) is 69.0 cm³/mol. The Labute approximate surface area is 105 Å². The van der Waals surface area contributed by atoms with Crippen molar-refractivity contribution in [3.8, 4) is 0 Å². The number of aromatic amines is 1. The first-order valence-corrected chi connectivity index (χ1v) is 5.84. The second kappa shape index (κ2) is 5.97. The van der Waals surface area contributed by atoms with Crippen molar-refractivity contribution in [1.82, 2.24) is 15.3 Å². The van der Waals surface area contributed by atoms with Crippen molar-refractivity contribution in [2.45, 2.75) is 13.0 Å². The first kappa shape index (κ1) is 12.3. The number of benzene rings is 1. The maximum absolute atomic E-state index is 11.8. The smallest absolute Gasteiger partial charge is 0.251 e. The van der Waals surface area contributed by atoms with Gasteiger partial charge in [0.05, 0.1) is 18.6 Å². The van der Waals surface area contributed by atoms with Gasteiger partial charge in [-0.1, -0.05) is 12.1 Å². The molecule has 1 aromatic carbocycles. The van der Waals surface area contributed by atoms with Crippen LogP contribution >= 0.6 is 0 Å². The highest BCUT2D eigenvalue weighted by atomic mass is 16.1. The van der Waals surface area contributed by atoms with Crippen LogP contribution in [-0.4, -0.2) is 22.4 Å². The molecule has 2 rings (SSSR count). The molecule has 0 atom stereocenters. The van der Waals surface area contributed by atoms with Crippen molar-refractivity contribution in [2.24, 2.45) is 5.73 Å². The van der Waals surface area contributed by atoms with Gasteiger partial charge in [0.15, 0.2) is 0 Å². The van der Waals surface area contributed by atoms with Gasteiger partial charge in [0.25, 0.3) is 5.91 Å². The second-order valence-electron chi connectivity index (χ2n) is 4.00. The number of hydrogen-bond donors (Lipinski definition) is 3. The molecule has 18 heavy (non-hydrogen) atoms. The number of amides is 1. The van der Waals surface area contributed by atoms with Gasteiger partial charge in [-0.15, -0.1) is 0 Å². The van der Waals surface area contributed by atoms with Crippen LogP contribution in [0.15, 0.2) is 36.8 Å². The third-order valence-electron chi connectivity index (χ3n) is 2.64. The Bertz CT molecular complexity index is 490. The Morgan fingerprint density at radius 1 is 1.33 bits per heavy atom. The van der Waals surface area contributed by atoms with Gasteiger partial charge in [0.1, 0.15) is 0 Å². The van der Waals surface area contributed by atoms with Gasteiger partial charge in [0.2, 0.25) is 0 Å². The quantitative estimate of drug-likeness (QED) is 0.728. The summed E-state index contributed by atoms with van der Waals surface area (Å²) in [7, 11) is 0. The summed E-state index contributed by atoms with van der Waals surface area (Å²) in [5.74, 6) is -0.0936. The van der Waals surface area contributed by atoms with Crippen LogP contribution in [0.25, 0.3) is 0 Å². The molecule has 0 spiro atoms. The van der Waals surface area contributed by atoms with Gasteiger partial charge >= 0.3 is 0 Å². The predicted octanol–water partition coefficient (Wildman–Crippen LogP) is 0.841. The molecule has 5 nitrogen and oxygen atoms in total. The molecule has 0 aliphatic heterocycles. The number of carbonyl (C=O) groups is 1. The highest BCUT2D eigenvalue weighted by molar-refractivity contribution is 5.94. The minimum Gasteiger partial charge on any atom is -0.347 e. The molecule has 1 amide bonds. The number of aromatic nitrogens is 2. The molecule has 4 N–H and O–H groups in total. The molecule has 5 heteroatoms. The lowest BCUT2D eigenvalue weighted by molar-refractivity contribution is 0.0950. The van der Waals surface area contributed by atoms with E-state index in [2.05, 4.69) is 15.3 Å². The Balaban J connectivity index is 1.92. The van der Waals surface area contributed by atoms with Gasteiger partial charge in [-0.3, -0.25) is 4.79 Å². The van der Waals surface area contributed by atoms with Crippen LogP contribution in [0.2, 0.25) is 0 Å². The number of rotatable bonds is 5. The molecule has 0 fully saturated rings. The number of H-pyrrole nitrogens is 1. The molecule has 0 aliphatic carbocycles. The number of nitrogens with two attached hydrogens (primary N) is 1. The largest absolute Gasteiger partial charge is 0.347 e. The van der Waals surface area contributed by atoms with E-state index in [-0.39, 0.29) is 5.91 Å². The third kappa shape index (κ3) is 3.18. The van der Waals surface area contributed by atoms with E-state index in [1.165, 1.54) is 0 Å². The number of hydrogen-bond acceptors (Lipinski definition) is 3. The Morgan fingerprint density at radius 2 is 2.11 bits per heavy atom. The summed E-state index contributed by atoms with van der Waals surface area (Å²) in [5.41, 5.74) is 8.14. The van der Waals surface area contributed by atoms with Crippen LogP contribution in [-0.2, 0) is 13.0 Å². The molecule has 0 saturated heterocycles. The molecule has 0 saturated carbocycles. The van der Waals surface area contributed by atoms with E-state index in [1.54, 1.807) is 12.5 Å². The molecular formula is C13H16N4O. The van der Waals surface area contributed by atoms with E-state index in [0.717, 1.165) is 17.7 Å². The fourth-order valence-corrected chi connectivity index (χ4v) is 1.65. The van der Waals surface area contributed by atoms with Crippen molar-refractivity contribution >= 4 is 5.91 Å². The fraction of sp³-hybridized carbons (Fsp3) is 0.231. The number of nitrogens with one attached hydrogen (secondary N) is 2. The topological polar surface area (TPSA) is 83.8 Å². The molecule has 0 aliphatic rings. The van der Waals surface area contributed by atoms with Gasteiger partial charge in [-0.05, 0) is 30.7 Å². The van der Waals surface area contributed by atoms with E-state index in [0.29, 0.717) is 18.7 Å². The molecule has 0 bridgehead atoms. The van der Waals surface area contributed by atoms with Crippen LogP contribution in [0.1, 0.15) is 21.6 Å². The first-order chi connectivity index (χ1) is 8.79. The summed E-state index contributed by atoms with van der Waals surface area (Å²) in [6.45, 7) is 1.06. The molecular weight excluding hydrogens is 228 g/mol. The Morgan fingerprint density at radius 3 is 2.72 bits per heavy atom. The van der Waals surface area contributed by atoms with E-state index >= 15 is 0 Å². The Kier molecular flexibility index (Phi) is 4.09. The van der Waals surface area contributed by atoms with E-state index in [1.807, 2.05) is 24.3 Å². The molecule has 94 valence electrons. The lowest BCUT2D eigenvalue weighted by Crippen LogP contribution is -2.22. The summed E-state index contributed by atoms with van der Waals surface area (Å²) >= 11 is 0. The van der Waals surface area contributed by atoms with Gasteiger partial charge in [-0.25, -0.2) is 4.98 Å². The van der Waals surface area contributed by atoms with Crippen LogP contribution in [0.4, 0.5) is 0 Å². The van der Waals surface area contributed by atoms with Crippen molar-refractivity contribution in [3.05, 3.63) is 53.6 Å². The lowest BCUT2D eigenvalue weighted by Gasteiger charge is -2.05. The van der Waals surface area contributed by atoms with Gasteiger partial charge in [-0.2, -0.15) is 0 Å². The monoisotopic (exact) mass is 244 g/mol. The summed E-state index contributed by atoms with van der Waals surface area (Å²) in [6, 6.07) is 7.48. The summed E-state index contributed by atoms with van der Waals surface area (Å²) in [6.07, 6.45) is 4.10. The SMILES string of the molecule is NCCc1ccc(C(=O)NCc2cnc[nH]2)cc1. The maximum Gasteiger partial charge on any atom is 0.251 e. The first-order valence-electron chi connectivity index (χ1n) is 5.84. The minimum absolute atomic E-state index is 0.0936.